The van der Waals surface area contributed by atoms with Crippen molar-refractivity contribution in [2.24, 2.45) is 0 Å². The molecule has 112 valence electrons. The predicted molar refractivity (Wildman–Crippen MR) is 78.1 cm³/mol. The standard InChI is InChI=1S/C15H21ClO4/c1-17-13-8-11-4-3-6-20-15(10-19-7-5-16)12(11)9-14(13)18-2/h8-9,15H,3-7,10H2,1-2H3/t15-/m0/s1. The van der Waals surface area contributed by atoms with Crippen molar-refractivity contribution in [3.05, 3.63) is 23.3 Å². The molecule has 0 radical (unpaired) electrons. The van der Waals surface area contributed by atoms with E-state index in [1.54, 1.807) is 14.2 Å². The third-order valence-electron chi connectivity index (χ3n) is 3.39. The highest BCUT2D eigenvalue weighted by molar-refractivity contribution is 6.17. The topological polar surface area (TPSA) is 36.9 Å². The fourth-order valence-electron chi connectivity index (χ4n) is 2.41. The summed E-state index contributed by atoms with van der Waals surface area (Å²) in [7, 11) is 3.29. The van der Waals surface area contributed by atoms with Crippen LogP contribution >= 0.6 is 11.6 Å². The monoisotopic (exact) mass is 300 g/mol. The maximum atomic E-state index is 5.88. The number of fused-ring (bicyclic) bond motifs is 1. The molecule has 0 aliphatic carbocycles. The van der Waals surface area contributed by atoms with E-state index in [-0.39, 0.29) is 6.10 Å². The molecule has 0 N–H and O–H groups in total. The summed E-state index contributed by atoms with van der Waals surface area (Å²) in [4.78, 5) is 0. The van der Waals surface area contributed by atoms with Crippen molar-refractivity contribution in [3.8, 4) is 11.5 Å². The first-order valence-electron chi connectivity index (χ1n) is 6.80. The minimum atomic E-state index is -0.0736. The van der Waals surface area contributed by atoms with Gasteiger partial charge < -0.3 is 18.9 Å². The normalized spacial score (nSPS) is 18.2. The molecule has 5 heteroatoms. The number of ether oxygens (including phenoxy) is 4. The van der Waals surface area contributed by atoms with Gasteiger partial charge in [0.2, 0.25) is 0 Å². The Kier molecular flexibility index (Phi) is 5.95. The van der Waals surface area contributed by atoms with E-state index in [9.17, 15) is 0 Å². The van der Waals surface area contributed by atoms with Crippen LogP contribution in [0.15, 0.2) is 12.1 Å². The van der Waals surface area contributed by atoms with Crippen molar-refractivity contribution in [1.29, 1.82) is 0 Å². The van der Waals surface area contributed by atoms with E-state index in [4.69, 9.17) is 30.5 Å². The summed E-state index contributed by atoms with van der Waals surface area (Å²) in [5.74, 6) is 1.97. The first-order valence-corrected chi connectivity index (χ1v) is 7.33. The van der Waals surface area contributed by atoms with Crippen LogP contribution in [0, 0.1) is 0 Å². The molecule has 1 aliphatic heterocycles. The second-order valence-electron chi connectivity index (χ2n) is 4.63. The number of hydrogen-bond donors (Lipinski definition) is 0. The Morgan fingerprint density at radius 3 is 2.70 bits per heavy atom. The molecular weight excluding hydrogens is 280 g/mol. The van der Waals surface area contributed by atoms with Gasteiger partial charge in [0.05, 0.1) is 27.4 Å². The molecule has 1 heterocycles. The number of halogens is 1. The zero-order chi connectivity index (χ0) is 14.4. The molecule has 2 rings (SSSR count). The molecule has 4 nitrogen and oxygen atoms in total. The van der Waals surface area contributed by atoms with Crippen molar-refractivity contribution in [2.45, 2.75) is 18.9 Å². The molecule has 0 saturated heterocycles. The van der Waals surface area contributed by atoms with Crippen LogP contribution in [0.5, 0.6) is 11.5 Å². The van der Waals surface area contributed by atoms with E-state index in [1.165, 1.54) is 5.56 Å². The number of alkyl halides is 1. The lowest BCUT2D eigenvalue weighted by atomic mass is 9.99. The molecule has 0 bridgehead atoms. The summed E-state index contributed by atoms with van der Waals surface area (Å²) in [6, 6.07) is 4.03. The number of benzene rings is 1. The quantitative estimate of drug-likeness (QED) is 0.598. The summed E-state index contributed by atoms with van der Waals surface area (Å²) in [6.45, 7) is 1.77. The Labute approximate surface area is 124 Å². The van der Waals surface area contributed by atoms with Crippen molar-refractivity contribution in [1.82, 2.24) is 0 Å². The molecule has 1 aromatic rings. The van der Waals surface area contributed by atoms with E-state index in [0.29, 0.717) is 19.1 Å². The van der Waals surface area contributed by atoms with Crippen molar-refractivity contribution >= 4 is 11.6 Å². The van der Waals surface area contributed by atoms with Crippen LogP contribution in [0.25, 0.3) is 0 Å². The van der Waals surface area contributed by atoms with Crippen LogP contribution in [0.4, 0.5) is 0 Å². The Morgan fingerprint density at radius 2 is 2.00 bits per heavy atom. The van der Waals surface area contributed by atoms with E-state index in [0.717, 1.165) is 36.5 Å². The summed E-state index contributed by atoms with van der Waals surface area (Å²) in [6.07, 6.45) is 1.89. The predicted octanol–water partition coefficient (Wildman–Crippen LogP) is 2.96. The van der Waals surface area contributed by atoms with Gasteiger partial charge in [-0.3, -0.25) is 0 Å². The molecule has 1 aliphatic rings. The molecule has 0 amide bonds. The fraction of sp³-hybridized carbons (Fsp3) is 0.600. The highest BCUT2D eigenvalue weighted by Crippen LogP contribution is 2.36. The highest BCUT2D eigenvalue weighted by Gasteiger charge is 2.22. The Morgan fingerprint density at radius 1 is 1.25 bits per heavy atom. The van der Waals surface area contributed by atoms with Crippen LogP contribution in [0.3, 0.4) is 0 Å². The summed E-state index contributed by atoms with van der Waals surface area (Å²) < 4.78 is 22.2. The highest BCUT2D eigenvalue weighted by atomic mass is 35.5. The van der Waals surface area contributed by atoms with Gasteiger partial charge in [-0.15, -0.1) is 11.6 Å². The zero-order valence-electron chi connectivity index (χ0n) is 12.0. The lowest BCUT2D eigenvalue weighted by molar-refractivity contribution is -0.0120. The minimum Gasteiger partial charge on any atom is -0.493 e. The molecule has 1 atom stereocenters. The fourth-order valence-corrected chi connectivity index (χ4v) is 2.52. The van der Waals surface area contributed by atoms with E-state index < -0.39 is 0 Å². The molecular formula is C15H21ClO4. The largest absolute Gasteiger partial charge is 0.493 e. The van der Waals surface area contributed by atoms with Gasteiger partial charge in [0.15, 0.2) is 11.5 Å². The van der Waals surface area contributed by atoms with Gasteiger partial charge in [0.25, 0.3) is 0 Å². The number of methoxy groups -OCH3 is 2. The van der Waals surface area contributed by atoms with Gasteiger partial charge in [-0.1, -0.05) is 0 Å². The third kappa shape index (κ3) is 3.57. The van der Waals surface area contributed by atoms with Crippen LogP contribution in [0.2, 0.25) is 0 Å². The van der Waals surface area contributed by atoms with Crippen molar-refractivity contribution < 1.29 is 18.9 Å². The van der Waals surface area contributed by atoms with Crippen LogP contribution < -0.4 is 9.47 Å². The molecule has 0 fully saturated rings. The Bertz CT molecular complexity index is 436. The summed E-state index contributed by atoms with van der Waals surface area (Å²) in [5.41, 5.74) is 2.36. The summed E-state index contributed by atoms with van der Waals surface area (Å²) >= 11 is 5.64. The van der Waals surface area contributed by atoms with Gasteiger partial charge in [0, 0.05) is 12.5 Å². The molecule has 0 spiro atoms. The molecule has 0 unspecified atom stereocenters. The molecule has 0 aromatic heterocycles. The number of rotatable bonds is 6. The number of aryl methyl sites for hydroxylation is 1. The summed E-state index contributed by atoms with van der Waals surface area (Å²) in [5, 5.41) is 0. The Balaban J connectivity index is 2.27. The molecule has 1 aromatic carbocycles. The van der Waals surface area contributed by atoms with Gasteiger partial charge >= 0.3 is 0 Å². The van der Waals surface area contributed by atoms with Crippen LogP contribution in [-0.4, -0.2) is 39.9 Å². The second-order valence-corrected chi connectivity index (χ2v) is 5.01. The zero-order valence-corrected chi connectivity index (χ0v) is 12.7. The van der Waals surface area contributed by atoms with Gasteiger partial charge in [-0.05, 0) is 36.1 Å². The molecule has 20 heavy (non-hydrogen) atoms. The van der Waals surface area contributed by atoms with Crippen molar-refractivity contribution in [3.63, 3.8) is 0 Å². The average molecular weight is 301 g/mol. The van der Waals surface area contributed by atoms with Gasteiger partial charge in [-0.25, -0.2) is 0 Å². The lowest BCUT2D eigenvalue weighted by Crippen LogP contribution is -2.13. The molecule has 0 saturated carbocycles. The van der Waals surface area contributed by atoms with E-state index in [2.05, 4.69) is 0 Å². The Hall–Kier alpha value is -0.970. The van der Waals surface area contributed by atoms with Gasteiger partial charge in [-0.2, -0.15) is 0 Å². The number of hydrogen-bond acceptors (Lipinski definition) is 4. The smallest absolute Gasteiger partial charge is 0.161 e. The average Bonchev–Trinajstić information content (AvgIpc) is 2.68. The van der Waals surface area contributed by atoms with Crippen LogP contribution in [-0.2, 0) is 15.9 Å². The van der Waals surface area contributed by atoms with Gasteiger partial charge in [0.1, 0.15) is 6.10 Å². The first-order chi connectivity index (χ1) is 9.80. The SMILES string of the molecule is COc1cc2c(cc1OC)[C@H](COCCCl)OCCC2. The lowest BCUT2D eigenvalue weighted by Gasteiger charge is -2.20. The third-order valence-corrected chi connectivity index (χ3v) is 3.55. The van der Waals surface area contributed by atoms with E-state index in [1.807, 2.05) is 12.1 Å². The van der Waals surface area contributed by atoms with Crippen LogP contribution in [0.1, 0.15) is 23.7 Å². The second kappa shape index (κ2) is 7.72. The maximum Gasteiger partial charge on any atom is 0.161 e. The minimum absolute atomic E-state index is 0.0736. The van der Waals surface area contributed by atoms with E-state index >= 15 is 0 Å². The maximum absolute atomic E-state index is 5.88. The first kappa shape index (κ1) is 15.4. The van der Waals surface area contributed by atoms with Crippen molar-refractivity contribution in [2.75, 3.05) is 39.9 Å².